The molecule has 0 bridgehead atoms. The quantitative estimate of drug-likeness (QED) is 0.0891. The minimum absolute atomic E-state index is 0.487. The van der Waals surface area contributed by atoms with E-state index >= 15 is 0 Å². The molecule has 8 rings (SSSR count). The molecule has 0 aliphatic carbocycles. The fourth-order valence-electron chi connectivity index (χ4n) is 7.77. The Labute approximate surface area is 271 Å². The number of hydrogen-bond acceptors (Lipinski definition) is 2. The summed E-state index contributed by atoms with van der Waals surface area (Å²) < 4.78 is 0. The number of fused-ring (bicyclic) bond motifs is 8. The lowest BCUT2D eigenvalue weighted by Gasteiger charge is -2.18. The Balaban J connectivity index is 0.920. The lowest BCUT2D eigenvalue weighted by atomic mass is 9.88. The second-order valence-electron chi connectivity index (χ2n) is 13.1. The molecule has 0 amide bonds. The van der Waals surface area contributed by atoms with E-state index in [2.05, 4.69) is 128 Å². The monoisotopic (exact) mass is 596 g/mol. The second-order valence-corrected chi connectivity index (χ2v) is 13.1. The predicted octanol–water partition coefficient (Wildman–Crippen LogP) is 12.5. The molecule has 1 atom stereocenters. The number of aryl methyl sites for hydroxylation is 1. The fraction of sp³-hybridized carbons (Fsp3) is 0.227. The summed E-state index contributed by atoms with van der Waals surface area (Å²) >= 11 is 0. The summed E-state index contributed by atoms with van der Waals surface area (Å²) in [6.07, 6.45) is 9.96. The van der Waals surface area contributed by atoms with E-state index in [1.54, 1.807) is 0 Å². The zero-order valence-corrected chi connectivity index (χ0v) is 26.7. The summed E-state index contributed by atoms with van der Waals surface area (Å²) in [5.41, 5.74) is 7.43. The van der Waals surface area contributed by atoms with Gasteiger partial charge < -0.3 is 0 Å². The van der Waals surface area contributed by atoms with Crippen LogP contribution in [0, 0.1) is 0 Å². The highest BCUT2D eigenvalue weighted by Gasteiger charge is 2.17. The molecule has 0 aliphatic heterocycles. The Morgan fingerprint density at radius 2 is 0.935 bits per heavy atom. The minimum atomic E-state index is 0.487. The van der Waals surface area contributed by atoms with Crippen LogP contribution in [0.2, 0.25) is 0 Å². The molecule has 46 heavy (non-hydrogen) atoms. The third kappa shape index (κ3) is 5.26. The van der Waals surface area contributed by atoms with Gasteiger partial charge >= 0.3 is 0 Å². The van der Waals surface area contributed by atoms with E-state index in [1.165, 1.54) is 99.2 Å². The Kier molecular flexibility index (Phi) is 7.80. The van der Waals surface area contributed by atoms with Crippen molar-refractivity contribution in [3.63, 3.8) is 0 Å². The lowest BCUT2D eigenvalue weighted by Crippen LogP contribution is -1.99. The van der Waals surface area contributed by atoms with E-state index < -0.39 is 0 Å². The number of benzene rings is 6. The molecular formula is C44H40N2. The van der Waals surface area contributed by atoms with Crippen molar-refractivity contribution in [2.75, 3.05) is 0 Å². The second kappa shape index (κ2) is 12.5. The molecule has 2 heteroatoms. The van der Waals surface area contributed by atoms with Crippen molar-refractivity contribution in [1.82, 2.24) is 9.97 Å². The van der Waals surface area contributed by atoms with Crippen molar-refractivity contribution in [2.45, 2.75) is 64.2 Å². The van der Waals surface area contributed by atoms with Crippen LogP contribution in [0.4, 0.5) is 0 Å². The number of nitrogens with zero attached hydrogens (tertiary/aromatic N) is 2. The maximum Gasteiger partial charge on any atom is 0.0790 e. The van der Waals surface area contributed by atoms with Crippen LogP contribution in [0.25, 0.3) is 65.2 Å². The van der Waals surface area contributed by atoms with Gasteiger partial charge in [0.05, 0.1) is 22.1 Å². The lowest BCUT2D eigenvalue weighted by molar-refractivity contribution is 0.554. The summed E-state index contributed by atoms with van der Waals surface area (Å²) in [6.45, 7) is 2.42. The SMILES string of the molecule is CC(CCCCCCCCc1c2ccccc2nc2c1ccc1ccccc12)c1c2ccccc2nc2c1ccc1ccccc12. The molecule has 2 aromatic heterocycles. The first kappa shape index (κ1) is 28.6. The number of pyridine rings is 2. The highest BCUT2D eigenvalue weighted by Crippen LogP contribution is 2.37. The molecule has 2 heterocycles. The van der Waals surface area contributed by atoms with Gasteiger partial charge in [0, 0.05) is 32.3 Å². The topological polar surface area (TPSA) is 25.8 Å². The highest BCUT2D eigenvalue weighted by atomic mass is 14.7. The number of rotatable bonds is 10. The first-order valence-corrected chi connectivity index (χ1v) is 17.2. The van der Waals surface area contributed by atoms with Crippen molar-refractivity contribution in [3.8, 4) is 0 Å². The Hall–Kier alpha value is -4.82. The van der Waals surface area contributed by atoms with E-state index in [4.69, 9.17) is 9.97 Å². The number of para-hydroxylation sites is 2. The zero-order chi connectivity index (χ0) is 30.9. The summed E-state index contributed by atoms with van der Waals surface area (Å²) in [5.74, 6) is 0.487. The molecule has 0 spiro atoms. The average molecular weight is 597 g/mol. The maximum absolute atomic E-state index is 5.15. The average Bonchev–Trinajstić information content (AvgIpc) is 3.11. The molecule has 0 N–H and O–H groups in total. The van der Waals surface area contributed by atoms with Gasteiger partial charge in [0.2, 0.25) is 0 Å². The van der Waals surface area contributed by atoms with E-state index in [0.29, 0.717) is 5.92 Å². The summed E-state index contributed by atoms with van der Waals surface area (Å²) in [6, 6.07) is 43.8. The molecule has 226 valence electrons. The molecule has 0 aliphatic rings. The molecule has 0 saturated carbocycles. The van der Waals surface area contributed by atoms with Gasteiger partial charge in [0.15, 0.2) is 0 Å². The Morgan fingerprint density at radius 1 is 0.435 bits per heavy atom. The predicted molar refractivity (Wildman–Crippen MR) is 198 cm³/mol. The van der Waals surface area contributed by atoms with Crippen LogP contribution in [0.15, 0.2) is 121 Å². The van der Waals surface area contributed by atoms with Crippen LogP contribution < -0.4 is 0 Å². The van der Waals surface area contributed by atoms with Crippen molar-refractivity contribution in [2.24, 2.45) is 0 Å². The smallest absolute Gasteiger partial charge is 0.0790 e. The van der Waals surface area contributed by atoms with Gasteiger partial charge in [-0.15, -0.1) is 0 Å². The molecular weight excluding hydrogens is 556 g/mol. The van der Waals surface area contributed by atoms with Crippen molar-refractivity contribution >= 4 is 65.2 Å². The number of aromatic nitrogens is 2. The van der Waals surface area contributed by atoms with Crippen LogP contribution in [0.5, 0.6) is 0 Å². The highest BCUT2D eigenvalue weighted by molar-refractivity contribution is 6.11. The zero-order valence-electron chi connectivity index (χ0n) is 26.7. The first-order valence-electron chi connectivity index (χ1n) is 17.2. The molecule has 0 saturated heterocycles. The van der Waals surface area contributed by atoms with Crippen molar-refractivity contribution < 1.29 is 0 Å². The van der Waals surface area contributed by atoms with Crippen molar-refractivity contribution in [3.05, 3.63) is 132 Å². The largest absolute Gasteiger partial charge is 0.247 e. The van der Waals surface area contributed by atoms with Gasteiger partial charge in [-0.3, -0.25) is 0 Å². The molecule has 1 unspecified atom stereocenters. The first-order chi connectivity index (χ1) is 22.8. The summed E-state index contributed by atoms with van der Waals surface area (Å²) in [7, 11) is 0. The minimum Gasteiger partial charge on any atom is -0.247 e. The van der Waals surface area contributed by atoms with Gasteiger partial charge in [-0.05, 0) is 59.2 Å². The van der Waals surface area contributed by atoms with Gasteiger partial charge in [0.25, 0.3) is 0 Å². The Morgan fingerprint density at radius 3 is 1.63 bits per heavy atom. The van der Waals surface area contributed by atoms with E-state index in [1.807, 2.05) is 0 Å². The Bertz CT molecular complexity index is 2350. The van der Waals surface area contributed by atoms with Crippen molar-refractivity contribution in [1.29, 1.82) is 0 Å². The summed E-state index contributed by atoms with van der Waals surface area (Å²) in [4.78, 5) is 10.3. The van der Waals surface area contributed by atoms with Gasteiger partial charge in [0.1, 0.15) is 0 Å². The summed E-state index contributed by atoms with van der Waals surface area (Å²) in [5, 5.41) is 10.3. The fourth-order valence-corrected chi connectivity index (χ4v) is 7.77. The van der Waals surface area contributed by atoms with E-state index in [9.17, 15) is 0 Å². The van der Waals surface area contributed by atoms with Crippen LogP contribution in [0.3, 0.4) is 0 Å². The number of unbranched alkanes of at least 4 members (excludes halogenated alkanes) is 5. The molecule has 0 radical (unpaired) electrons. The normalized spacial score (nSPS) is 12.6. The van der Waals surface area contributed by atoms with Gasteiger partial charge in [-0.1, -0.05) is 148 Å². The van der Waals surface area contributed by atoms with Crippen LogP contribution in [-0.2, 0) is 6.42 Å². The molecule has 6 aromatic carbocycles. The van der Waals surface area contributed by atoms with E-state index in [-0.39, 0.29) is 0 Å². The molecule has 0 fully saturated rings. The maximum atomic E-state index is 5.15. The van der Waals surface area contributed by atoms with Crippen LogP contribution in [0.1, 0.15) is 68.9 Å². The van der Waals surface area contributed by atoms with E-state index in [0.717, 1.165) is 28.5 Å². The standard InChI is InChI=1S/C44H40N2/c1-30(42-38-23-13-15-25-41(38)46-44-34-20-11-9-18-32(34)27-29-39(42)44)16-6-4-2-3-5-7-21-35-36-22-12-14-24-40(36)45-43-33-19-10-8-17-31(33)26-28-37(35)43/h8-15,17-20,22-30H,2-7,16,21H2,1H3. The molecule has 2 nitrogen and oxygen atoms in total. The van der Waals surface area contributed by atoms with Crippen LogP contribution >= 0.6 is 0 Å². The van der Waals surface area contributed by atoms with Gasteiger partial charge in [-0.2, -0.15) is 0 Å². The third-order valence-electron chi connectivity index (χ3n) is 10.1. The van der Waals surface area contributed by atoms with Crippen LogP contribution in [-0.4, -0.2) is 9.97 Å². The third-order valence-corrected chi connectivity index (χ3v) is 10.1. The number of hydrogen-bond donors (Lipinski definition) is 0. The van der Waals surface area contributed by atoms with Gasteiger partial charge in [-0.25, -0.2) is 9.97 Å². The molecule has 8 aromatic rings.